The Balaban J connectivity index is 1.47. The molecule has 0 amide bonds. The summed E-state index contributed by atoms with van der Waals surface area (Å²) in [4.78, 5) is 4.94. The number of rotatable bonds is 4. The maximum Gasteiger partial charge on any atom is 0.229 e. The molecule has 9 rings (SSSR count). The monoisotopic (exact) mass is 643 g/mol. The van der Waals surface area contributed by atoms with Crippen molar-refractivity contribution in [1.82, 2.24) is 14.5 Å². The lowest BCUT2D eigenvalue weighted by Gasteiger charge is -2.20. The van der Waals surface area contributed by atoms with Gasteiger partial charge in [-0.15, -0.1) is 0 Å². The van der Waals surface area contributed by atoms with Gasteiger partial charge in [0, 0.05) is 45.3 Å². The predicted octanol–water partition coefficient (Wildman–Crippen LogP) is 10.7. The molecule has 0 spiro atoms. The summed E-state index contributed by atoms with van der Waals surface area (Å²) in [5.74, 6) is 0.767. The quantitative estimate of drug-likeness (QED) is 0.146. The molecule has 0 atom stereocenters. The van der Waals surface area contributed by atoms with Gasteiger partial charge in [0.25, 0.3) is 0 Å². The fourth-order valence-corrected chi connectivity index (χ4v) is 7.46. The molecule has 0 saturated heterocycles. The lowest BCUT2D eigenvalue weighted by Crippen LogP contribution is -2.23. The Bertz CT molecular complexity index is 2680. The van der Waals surface area contributed by atoms with Crippen LogP contribution in [-0.4, -0.2) is 28.0 Å². The third kappa shape index (κ3) is 4.63. The summed E-state index contributed by atoms with van der Waals surface area (Å²) in [5, 5.41) is 17.3. The lowest BCUT2D eigenvalue weighted by molar-refractivity contribution is 1.13. The SMILES string of the molecule is CNC(=NC(=N)n1c2ccccc2c2ccc3c4ccccc4n(-c4c(-c5ccccc5)cccc4-c4ccccc4)c3c21)c1ccccc1. The number of hydrogen-bond acceptors (Lipinski definition) is 1. The standard InChI is InChI=1S/C45H33N5/c1-47-44(32-20-9-4-10-21-32)48-45(46)50-40-27-14-12-23-36(40)38-29-28-37-35-22-11-13-26-39(35)49(42(37)43(38)50)41-33(30-16-5-2-6-17-30)24-15-25-34(41)31-18-7-3-8-19-31/h2-29H,1H3,(H2,46,47,48). The molecule has 2 heterocycles. The third-order valence-corrected chi connectivity index (χ3v) is 9.61. The molecular formula is C45H33N5. The van der Waals surface area contributed by atoms with Crippen LogP contribution in [0.5, 0.6) is 0 Å². The molecule has 0 radical (unpaired) electrons. The molecule has 238 valence electrons. The summed E-state index contributed by atoms with van der Waals surface area (Å²) in [7, 11) is 1.85. The van der Waals surface area contributed by atoms with Crippen molar-refractivity contribution >= 4 is 55.4 Å². The fourth-order valence-electron chi connectivity index (χ4n) is 7.46. The van der Waals surface area contributed by atoms with Crippen LogP contribution in [0.4, 0.5) is 0 Å². The second-order valence-corrected chi connectivity index (χ2v) is 12.4. The van der Waals surface area contributed by atoms with E-state index in [1.165, 1.54) is 0 Å². The third-order valence-electron chi connectivity index (χ3n) is 9.61. The van der Waals surface area contributed by atoms with E-state index < -0.39 is 0 Å². The number of benzene rings is 7. The number of para-hydroxylation sites is 3. The zero-order chi connectivity index (χ0) is 33.6. The van der Waals surface area contributed by atoms with Crippen molar-refractivity contribution in [3.8, 4) is 27.9 Å². The summed E-state index contributed by atoms with van der Waals surface area (Å²) in [6.07, 6.45) is 0. The average molecular weight is 644 g/mol. The molecule has 2 aromatic heterocycles. The first-order chi connectivity index (χ1) is 24.7. The molecule has 5 heteroatoms. The van der Waals surface area contributed by atoms with Gasteiger partial charge in [0.2, 0.25) is 5.96 Å². The van der Waals surface area contributed by atoms with E-state index in [4.69, 9.17) is 4.99 Å². The Morgan fingerprint density at radius 2 is 1.00 bits per heavy atom. The second-order valence-electron chi connectivity index (χ2n) is 12.4. The van der Waals surface area contributed by atoms with Gasteiger partial charge in [-0.3, -0.25) is 9.98 Å². The minimum atomic E-state index is 0.133. The first kappa shape index (κ1) is 29.4. The van der Waals surface area contributed by atoms with Gasteiger partial charge in [-0.25, -0.2) is 0 Å². The molecule has 0 aliphatic heterocycles. The number of aliphatic imine (C=N–C) groups is 1. The van der Waals surface area contributed by atoms with Crippen LogP contribution in [0.3, 0.4) is 0 Å². The number of fused-ring (bicyclic) bond motifs is 7. The highest BCUT2D eigenvalue weighted by Gasteiger charge is 2.25. The van der Waals surface area contributed by atoms with Crippen molar-refractivity contribution in [2.45, 2.75) is 0 Å². The topological polar surface area (TPSA) is 58.1 Å². The van der Waals surface area contributed by atoms with Gasteiger partial charge in [-0.2, -0.15) is 4.99 Å². The van der Waals surface area contributed by atoms with Crippen molar-refractivity contribution < 1.29 is 0 Å². The highest BCUT2D eigenvalue weighted by atomic mass is 15.2. The van der Waals surface area contributed by atoms with Gasteiger partial charge in [0.05, 0.1) is 27.8 Å². The first-order valence-electron chi connectivity index (χ1n) is 16.8. The molecule has 0 unspecified atom stereocenters. The minimum absolute atomic E-state index is 0.133. The molecule has 0 fully saturated rings. The van der Waals surface area contributed by atoms with Crippen LogP contribution in [0.25, 0.3) is 71.6 Å². The van der Waals surface area contributed by atoms with Gasteiger partial charge < -0.3 is 9.88 Å². The number of hydrogen-bond donors (Lipinski definition) is 2. The van der Waals surface area contributed by atoms with Crippen LogP contribution in [0, 0.1) is 5.41 Å². The Morgan fingerprint density at radius 1 is 0.500 bits per heavy atom. The highest BCUT2D eigenvalue weighted by Crippen LogP contribution is 2.44. The summed E-state index contributed by atoms with van der Waals surface area (Å²) in [6, 6.07) is 59.3. The van der Waals surface area contributed by atoms with Gasteiger partial charge >= 0.3 is 0 Å². The normalized spacial score (nSPS) is 11.9. The van der Waals surface area contributed by atoms with Crippen molar-refractivity contribution in [1.29, 1.82) is 5.41 Å². The number of amidine groups is 1. The number of nitrogens with one attached hydrogen (secondary N) is 2. The minimum Gasteiger partial charge on any atom is -0.373 e. The van der Waals surface area contributed by atoms with Gasteiger partial charge in [-0.1, -0.05) is 158 Å². The zero-order valence-corrected chi connectivity index (χ0v) is 27.5. The first-order valence-corrected chi connectivity index (χ1v) is 16.8. The molecule has 9 aromatic rings. The Kier molecular flexibility index (Phi) is 7.10. The van der Waals surface area contributed by atoms with Crippen molar-refractivity contribution in [3.05, 3.63) is 175 Å². The van der Waals surface area contributed by atoms with Crippen molar-refractivity contribution in [3.63, 3.8) is 0 Å². The molecule has 0 saturated carbocycles. The van der Waals surface area contributed by atoms with Crippen LogP contribution in [0.1, 0.15) is 5.56 Å². The maximum absolute atomic E-state index is 9.66. The smallest absolute Gasteiger partial charge is 0.229 e. The second kappa shape index (κ2) is 12.1. The Morgan fingerprint density at radius 3 is 1.60 bits per heavy atom. The largest absolute Gasteiger partial charge is 0.373 e. The van der Waals surface area contributed by atoms with Crippen LogP contribution in [0.2, 0.25) is 0 Å². The Hall–Kier alpha value is -6.72. The van der Waals surface area contributed by atoms with E-state index in [2.05, 4.69) is 143 Å². The van der Waals surface area contributed by atoms with E-state index in [0.717, 1.165) is 77.1 Å². The van der Waals surface area contributed by atoms with E-state index in [0.29, 0.717) is 5.84 Å². The van der Waals surface area contributed by atoms with Gasteiger partial charge in [0.1, 0.15) is 5.84 Å². The lowest BCUT2D eigenvalue weighted by atomic mass is 9.95. The van der Waals surface area contributed by atoms with E-state index in [-0.39, 0.29) is 5.96 Å². The number of aromatic nitrogens is 2. The van der Waals surface area contributed by atoms with Crippen LogP contribution in [-0.2, 0) is 0 Å². The van der Waals surface area contributed by atoms with Crippen LogP contribution < -0.4 is 5.32 Å². The summed E-state index contributed by atoms with van der Waals surface area (Å²) in [5.41, 5.74) is 10.6. The number of nitrogens with zero attached hydrogens (tertiary/aromatic N) is 3. The highest BCUT2D eigenvalue weighted by molar-refractivity contribution is 6.26. The maximum atomic E-state index is 9.66. The molecule has 0 aliphatic carbocycles. The average Bonchev–Trinajstić information content (AvgIpc) is 3.71. The molecule has 7 aromatic carbocycles. The predicted molar refractivity (Wildman–Crippen MR) is 210 cm³/mol. The van der Waals surface area contributed by atoms with Crippen molar-refractivity contribution in [2.75, 3.05) is 7.05 Å². The molecular weight excluding hydrogens is 611 g/mol. The van der Waals surface area contributed by atoms with Crippen LogP contribution in [0.15, 0.2) is 175 Å². The fraction of sp³-hybridized carbons (Fsp3) is 0.0222. The summed E-state index contributed by atoms with van der Waals surface area (Å²) >= 11 is 0. The van der Waals surface area contributed by atoms with Crippen molar-refractivity contribution in [2.24, 2.45) is 4.99 Å². The summed E-state index contributed by atoms with van der Waals surface area (Å²) < 4.78 is 4.45. The van der Waals surface area contributed by atoms with Gasteiger partial charge in [-0.05, 0) is 23.3 Å². The van der Waals surface area contributed by atoms with Gasteiger partial charge in [0.15, 0.2) is 0 Å². The van der Waals surface area contributed by atoms with E-state index >= 15 is 0 Å². The van der Waals surface area contributed by atoms with E-state index in [9.17, 15) is 5.41 Å². The van der Waals surface area contributed by atoms with E-state index in [1.807, 2.05) is 48.0 Å². The van der Waals surface area contributed by atoms with E-state index in [1.54, 1.807) is 0 Å². The molecule has 0 aliphatic rings. The molecule has 5 nitrogen and oxygen atoms in total. The summed E-state index contributed by atoms with van der Waals surface area (Å²) in [6.45, 7) is 0. The molecule has 50 heavy (non-hydrogen) atoms. The van der Waals surface area contributed by atoms with Crippen LogP contribution >= 0.6 is 0 Å². The Labute approximate surface area is 289 Å². The molecule has 2 N–H and O–H groups in total. The molecule has 0 bridgehead atoms. The zero-order valence-electron chi connectivity index (χ0n) is 27.5.